The van der Waals surface area contributed by atoms with E-state index in [1.807, 2.05) is 31.2 Å². The van der Waals surface area contributed by atoms with Crippen molar-refractivity contribution in [2.75, 3.05) is 36.1 Å². The molecule has 0 aliphatic rings. The Morgan fingerprint density at radius 2 is 1.11 bits per heavy atom. The van der Waals surface area contributed by atoms with Crippen LogP contribution in [0.2, 0.25) is 0 Å². The van der Waals surface area contributed by atoms with E-state index in [-0.39, 0.29) is 30.8 Å². The van der Waals surface area contributed by atoms with E-state index in [1.165, 1.54) is 6.92 Å². The molecule has 4 N–H and O–H groups in total. The molecule has 7 nitrogen and oxygen atoms in total. The van der Waals surface area contributed by atoms with Crippen LogP contribution in [0.5, 0.6) is 0 Å². The number of hydrogen-bond donors (Lipinski definition) is 4. The molecule has 0 aromatic heterocycles. The van der Waals surface area contributed by atoms with Gasteiger partial charge in [-0.1, -0.05) is 17.7 Å². The lowest BCUT2D eigenvalue weighted by Gasteiger charge is -2.14. The lowest BCUT2D eigenvalue weighted by molar-refractivity contribution is -0.862. The van der Waals surface area contributed by atoms with Gasteiger partial charge in [-0.25, -0.2) is 0 Å². The molecule has 3 amide bonds. The van der Waals surface area contributed by atoms with Gasteiger partial charge in [0.2, 0.25) is 5.91 Å². The van der Waals surface area contributed by atoms with Gasteiger partial charge in [0, 0.05) is 24.0 Å². The Morgan fingerprint density at radius 1 is 0.741 bits per heavy atom. The first-order valence-corrected chi connectivity index (χ1v) is 8.67. The Labute approximate surface area is 158 Å². The molecule has 1 atom stereocenters. The third-order valence-electron chi connectivity index (χ3n) is 3.75. The van der Waals surface area contributed by atoms with E-state index < -0.39 is 0 Å². The number of aryl methyl sites for hydroxylation is 1. The zero-order valence-corrected chi connectivity index (χ0v) is 15.8. The number of rotatable bonds is 7. The van der Waals surface area contributed by atoms with Gasteiger partial charge in [0.15, 0.2) is 13.1 Å². The second-order valence-electron chi connectivity index (χ2n) is 6.53. The van der Waals surface area contributed by atoms with Gasteiger partial charge in [-0.05, 0) is 43.3 Å². The highest BCUT2D eigenvalue weighted by molar-refractivity contribution is 5.93. The number of quaternary nitrogens is 1. The van der Waals surface area contributed by atoms with Crippen molar-refractivity contribution in [3.05, 3.63) is 54.1 Å². The minimum absolute atomic E-state index is 0.149. The number of likely N-dealkylation sites (N-methyl/N-ethyl adjacent to an activating group) is 1. The quantitative estimate of drug-likeness (QED) is 0.588. The SMILES string of the molecule is CC(=O)Nc1ccc(NC(=O)C[NH+](C)CC(=O)Nc2ccc(C)cc2)cc1. The van der Waals surface area contributed by atoms with Crippen molar-refractivity contribution < 1.29 is 19.3 Å². The Kier molecular flexibility index (Phi) is 7.08. The zero-order chi connectivity index (χ0) is 19.8. The second kappa shape index (κ2) is 9.49. The summed E-state index contributed by atoms with van der Waals surface area (Å²) in [6.45, 7) is 3.76. The first-order chi connectivity index (χ1) is 12.8. The summed E-state index contributed by atoms with van der Waals surface area (Å²) in [4.78, 5) is 36.0. The monoisotopic (exact) mass is 369 g/mol. The Bertz CT molecular complexity index is 801. The van der Waals surface area contributed by atoms with Crippen LogP contribution in [0.15, 0.2) is 48.5 Å². The maximum Gasteiger partial charge on any atom is 0.279 e. The Hall–Kier alpha value is -3.19. The topological polar surface area (TPSA) is 91.7 Å². The maximum absolute atomic E-state index is 12.1. The molecule has 1 unspecified atom stereocenters. The van der Waals surface area contributed by atoms with E-state index in [2.05, 4.69) is 16.0 Å². The molecule has 0 bridgehead atoms. The van der Waals surface area contributed by atoms with E-state index in [0.29, 0.717) is 11.4 Å². The fourth-order valence-corrected chi connectivity index (χ4v) is 2.50. The van der Waals surface area contributed by atoms with Crippen LogP contribution in [0.4, 0.5) is 17.1 Å². The predicted molar refractivity (Wildman–Crippen MR) is 106 cm³/mol. The molecule has 0 saturated carbocycles. The highest BCUT2D eigenvalue weighted by atomic mass is 16.2. The highest BCUT2D eigenvalue weighted by Gasteiger charge is 2.14. The average molecular weight is 369 g/mol. The largest absolute Gasteiger partial charge is 0.326 e. The molecule has 0 aliphatic heterocycles. The smallest absolute Gasteiger partial charge is 0.279 e. The van der Waals surface area contributed by atoms with E-state index in [4.69, 9.17) is 0 Å². The number of carbonyl (C=O) groups is 3. The summed E-state index contributed by atoms with van der Waals surface area (Å²) in [7, 11) is 1.79. The molecular weight excluding hydrogens is 344 g/mol. The van der Waals surface area contributed by atoms with Crippen LogP contribution >= 0.6 is 0 Å². The van der Waals surface area contributed by atoms with Gasteiger partial charge < -0.3 is 20.9 Å². The van der Waals surface area contributed by atoms with Gasteiger partial charge >= 0.3 is 0 Å². The molecule has 2 aromatic carbocycles. The number of hydrogen-bond acceptors (Lipinski definition) is 3. The summed E-state index contributed by atoms with van der Waals surface area (Å²) in [5.41, 5.74) is 3.15. The number of amides is 3. The van der Waals surface area contributed by atoms with Crippen LogP contribution in [0, 0.1) is 6.92 Å². The van der Waals surface area contributed by atoms with Gasteiger partial charge in [-0.3, -0.25) is 14.4 Å². The average Bonchev–Trinajstić information content (AvgIpc) is 2.58. The van der Waals surface area contributed by atoms with E-state index in [9.17, 15) is 14.4 Å². The van der Waals surface area contributed by atoms with Crippen LogP contribution in [-0.2, 0) is 14.4 Å². The minimum atomic E-state index is -0.192. The summed E-state index contributed by atoms with van der Waals surface area (Å²) in [6, 6.07) is 14.4. The molecule has 0 heterocycles. The summed E-state index contributed by atoms with van der Waals surface area (Å²) >= 11 is 0. The van der Waals surface area contributed by atoms with Gasteiger partial charge in [0.05, 0.1) is 7.05 Å². The lowest BCUT2D eigenvalue weighted by Crippen LogP contribution is -3.11. The van der Waals surface area contributed by atoms with Crippen LogP contribution < -0.4 is 20.9 Å². The van der Waals surface area contributed by atoms with Crippen LogP contribution in [0.3, 0.4) is 0 Å². The molecule has 0 saturated heterocycles. The fourth-order valence-electron chi connectivity index (χ4n) is 2.50. The molecule has 0 aliphatic carbocycles. The maximum atomic E-state index is 12.1. The van der Waals surface area contributed by atoms with E-state index in [1.54, 1.807) is 31.3 Å². The molecule has 2 rings (SSSR count). The predicted octanol–water partition coefficient (Wildman–Crippen LogP) is 1.05. The van der Waals surface area contributed by atoms with Crippen molar-refractivity contribution in [3.8, 4) is 0 Å². The van der Waals surface area contributed by atoms with Crippen molar-refractivity contribution in [2.24, 2.45) is 0 Å². The molecule has 0 spiro atoms. The van der Waals surface area contributed by atoms with Crippen molar-refractivity contribution in [2.45, 2.75) is 13.8 Å². The van der Waals surface area contributed by atoms with Gasteiger partial charge in [-0.15, -0.1) is 0 Å². The van der Waals surface area contributed by atoms with Gasteiger partial charge in [0.25, 0.3) is 11.8 Å². The van der Waals surface area contributed by atoms with Crippen LogP contribution in [0.1, 0.15) is 12.5 Å². The summed E-state index contributed by atoms with van der Waals surface area (Å²) < 4.78 is 0. The number of anilines is 3. The number of benzene rings is 2. The molecule has 27 heavy (non-hydrogen) atoms. The first-order valence-electron chi connectivity index (χ1n) is 8.67. The van der Waals surface area contributed by atoms with Crippen molar-refractivity contribution in [1.29, 1.82) is 0 Å². The summed E-state index contributed by atoms with van der Waals surface area (Å²) in [5.74, 6) is -0.493. The molecule has 2 aromatic rings. The van der Waals surface area contributed by atoms with Crippen molar-refractivity contribution >= 4 is 34.8 Å². The first kappa shape index (κ1) is 20.1. The third-order valence-corrected chi connectivity index (χ3v) is 3.75. The fraction of sp³-hybridized carbons (Fsp3) is 0.250. The second-order valence-corrected chi connectivity index (χ2v) is 6.53. The van der Waals surface area contributed by atoms with Crippen LogP contribution in [-0.4, -0.2) is 37.9 Å². The summed E-state index contributed by atoms with van der Waals surface area (Å²) in [5, 5.41) is 8.26. The van der Waals surface area contributed by atoms with Crippen LogP contribution in [0.25, 0.3) is 0 Å². The van der Waals surface area contributed by atoms with Gasteiger partial charge in [0.1, 0.15) is 0 Å². The molecule has 0 radical (unpaired) electrons. The molecule has 7 heteroatoms. The standard InChI is InChI=1S/C20H24N4O3/c1-14-4-6-17(7-5-14)22-19(26)12-24(3)13-20(27)23-18-10-8-16(9-11-18)21-15(2)25/h4-11H,12-13H2,1-3H3,(H,21,25)(H,22,26)(H,23,27)/p+1. The Morgan fingerprint density at radius 3 is 1.52 bits per heavy atom. The van der Waals surface area contributed by atoms with Gasteiger partial charge in [-0.2, -0.15) is 0 Å². The number of carbonyl (C=O) groups excluding carboxylic acids is 3. The number of nitrogens with one attached hydrogen (secondary N) is 4. The summed E-state index contributed by atoms with van der Waals surface area (Å²) in [6.07, 6.45) is 0. The third kappa shape index (κ3) is 7.29. The van der Waals surface area contributed by atoms with E-state index in [0.717, 1.165) is 16.2 Å². The lowest BCUT2D eigenvalue weighted by atomic mass is 10.2. The highest BCUT2D eigenvalue weighted by Crippen LogP contribution is 2.13. The normalized spacial score (nSPS) is 11.4. The van der Waals surface area contributed by atoms with E-state index >= 15 is 0 Å². The van der Waals surface area contributed by atoms with Crippen molar-refractivity contribution in [1.82, 2.24) is 0 Å². The molecule has 142 valence electrons. The molecular formula is C20H25N4O3+. The zero-order valence-electron chi connectivity index (χ0n) is 15.8. The van der Waals surface area contributed by atoms with Crippen molar-refractivity contribution in [3.63, 3.8) is 0 Å². The Balaban J connectivity index is 1.78. The minimum Gasteiger partial charge on any atom is -0.326 e. The molecule has 0 fully saturated rings.